The van der Waals surface area contributed by atoms with Crippen LogP contribution in [0.4, 0.5) is 11.4 Å². The van der Waals surface area contributed by atoms with E-state index in [1.807, 2.05) is 13.0 Å². The van der Waals surface area contributed by atoms with Crippen LogP contribution in [-0.2, 0) is 4.79 Å². The van der Waals surface area contributed by atoms with E-state index in [1.54, 1.807) is 48.6 Å². The highest BCUT2D eigenvalue weighted by Crippen LogP contribution is 2.27. The van der Waals surface area contributed by atoms with Crippen molar-refractivity contribution in [2.45, 2.75) is 6.92 Å². The van der Waals surface area contributed by atoms with E-state index >= 15 is 0 Å². The van der Waals surface area contributed by atoms with Crippen molar-refractivity contribution in [2.24, 2.45) is 0 Å². The average molecular weight is 348 g/mol. The van der Waals surface area contributed by atoms with Gasteiger partial charge in [0.15, 0.2) is 0 Å². The molecule has 0 aliphatic rings. The molecule has 0 fully saturated rings. The largest absolute Gasteiger partial charge is 0.506 e. The summed E-state index contributed by atoms with van der Waals surface area (Å²) in [7, 11) is 0. The maximum absolute atomic E-state index is 12.3. The highest BCUT2D eigenvalue weighted by atomic mass is 16.3. The molecule has 0 aromatic heterocycles. The number of hydrogen-bond donors (Lipinski definition) is 3. The van der Waals surface area contributed by atoms with Crippen molar-refractivity contribution in [2.75, 3.05) is 10.6 Å². The van der Waals surface area contributed by atoms with Gasteiger partial charge in [-0.05, 0) is 37.3 Å². The SMILES string of the molecule is C=C/C=C(\C=C/C)C(=O)Nc1ccc(O)c(NC(=O)c2ccccc2)c1. The fourth-order valence-corrected chi connectivity index (χ4v) is 2.21. The Balaban J connectivity index is 2.19. The number of phenolic OH excluding ortho intramolecular Hbond substituents is 1. The first-order valence-corrected chi connectivity index (χ1v) is 8.01. The molecular formula is C21H20N2O3. The monoisotopic (exact) mass is 348 g/mol. The number of carbonyl (C=O) groups excluding carboxylic acids is 2. The summed E-state index contributed by atoms with van der Waals surface area (Å²) in [6.45, 7) is 5.40. The zero-order valence-corrected chi connectivity index (χ0v) is 14.4. The first-order valence-electron chi connectivity index (χ1n) is 8.01. The minimum atomic E-state index is -0.356. The number of amides is 2. The molecule has 2 amide bonds. The van der Waals surface area contributed by atoms with Crippen LogP contribution in [0.2, 0.25) is 0 Å². The first kappa shape index (κ1) is 18.7. The van der Waals surface area contributed by atoms with E-state index in [1.165, 1.54) is 18.2 Å². The third kappa shape index (κ3) is 4.95. The van der Waals surface area contributed by atoms with E-state index in [0.717, 1.165) is 0 Å². The molecular weight excluding hydrogens is 328 g/mol. The van der Waals surface area contributed by atoms with Crippen molar-refractivity contribution in [3.8, 4) is 5.75 Å². The van der Waals surface area contributed by atoms with E-state index < -0.39 is 0 Å². The van der Waals surface area contributed by atoms with Gasteiger partial charge < -0.3 is 15.7 Å². The van der Waals surface area contributed by atoms with E-state index in [0.29, 0.717) is 16.8 Å². The summed E-state index contributed by atoms with van der Waals surface area (Å²) in [5.41, 5.74) is 1.55. The Morgan fingerprint density at radius 2 is 1.81 bits per heavy atom. The topological polar surface area (TPSA) is 78.4 Å². The predicted molar refractivity (Wildman–Crippen MR) is 104 cm³/mol. The average Bonchev–Trinajstić information content (AvgIpc) is 2.65. The summed E-state index contributed by atoms with van der Waals surface area (Å²) in [5, 5.41) is 15.3. The van der Waals surface area contributed by atoms with Crippen LogP contribution < -0.4 is 10.6 Å². The van der Waals surface area contributed by atoms with Crippen molar-refractivity contribution in [3.63, 3.8) is 0 Å². The van der Waals surface area contributed by atoms with Gasteiger partial charge in [0, 0.05) is 16.8 Å². The molecule has 26 heavy (non-hydrogen) atoms. The van der Waals surface area contributed by atoms with Gasteiger partial charge in [-0.15, -0.1) is 0 Å². The van der Waals surface area contributed by atoms with Crippen LogP contribution in [-0.4, -0.2) is 16.9 Å². The molecule has 5 nitrogen and oxygen atoms in total. The summed E-state index contributed by atoms with van der Waals surface area (Å²) in [4.78, 5) is 24.5. The number of carbonyl (C=O) groups is 2. The molecule has 0 aliphatic heterocycles. The molecule has 0 saturated heterocycles. The number of anilines is 2. The molecule has 132 valence electrons. The zero-order valence-electron chi connectivity index (χ0n) is 14.4. The van der Waals surface area contributed by atoms with Gasteiger partial charge in [0.1, 0.15) is 5.75 Å². The first-order chi connectivity index (χ1) is 12.5. The van der Waals surface area contributed by atoms with Gasteiger partial charge in [0.2, 0.25) is 0 Å². The van der Waals surface area contributed by atoms with Crippen molar-refractivity contribution in [1.29, 1.82) is 0 Å². The quantitative estimate of drug-likeness (QED) is 0.316. The Bertz CT molecular complexity index is 868. The van der Waals surface area contributed by atoms with Crippen LogP contribution >= 0.6 is 0 Å². The van der Waals surface area contributed by atoms with E-state index in [-0.39, 0.29) is 23.3 Å². The van der Waals surface area contributed by atoms with Crippen molar-refractivity contribution in [1.82, 2.24) is 0 Å². The Morgan fingerprint density at radius 1 is 1.08 bits per heavy atom. The Labute approximate surface area is 152 Å². The molecule has 0 aliphatic carbocycles. The van der Waals surface area contributed by atoms with Crippen LogP contribution in [0.5, 0.6) is 5.75 Å². The van der Waals surface area contributed by atoms with Gasteiger partial charge in [0.25, 0.3) is 11.8 Å². The Kier molecular flexibility index (Phi) is 6.51. The van der Waals surface area contributed by atoms with Crippen molar-refractivity contribution < 1.29 is 14.7 Å². The molecule has 0 unspecified atom stereocenters. The summed E-state index contributed by atoms with van der Waals surface area (Å²) in [5.74, 6) is -0.776. The molecule has 2 aromatic rings. The van der Waals surface area contributed by atoms with Gasteiger partial charge in [-0.25, -0.2) is 0 Å². The van der Waals surface area contributed by atoms with Gasteiger partial charge in [-0.2, -0.15) is 0 Å². The molecule has 2 rings (SSSR count). The second-order valence-electron chi connectivity index (χ2n) is 5.36. The normalized spacial score (nSPS) is 11.2. The van der Waals surface area contributed by atoms with Crippen LogP contribution in [0.3, 0.4) is 0 Å². The Hall–Kier alpha value is -3.60. The minimum Gasteiger partial charge on any atom is -0.506 e. The number of rotatable bonds is 6. The van der Waals surface area contributed by atoms with Crippen LogP contribution in [0, 0.1) is 0 Å². The molecule has 0 atom stereocenters. The van der Waals surface area contributed by atoms with Gasteiger partial charge in [-0.3, -0.25) is 9.59 Å². The number of phenols is 1. The number of benzene rings is 2. The maximum Gasteiger partial charge on any atom is 0.255 e. The standard InChI is InChI=1S/C21H20N2O3/c1-3-8-15(9-4-2)20(25)22-17-12-13-19(24)18(14-17)23-21(26)16-10-6-5-7-11-16/h3-14,24H,1H2,2H3,(H,22,25)(H,23,26)/b9-4-,15-8+. The lowest BCUT2D eigenvalue weighted by atomic mass is 10.2. The highest BCUT2D eigenvalue weighted by molar-refractivity contribution is 6.07. The van der Waals surface area contributed by atoms with Crippen molar-refractivity contribution >= 4 is 23.2 Å². The minimum absolute atomic E-state index is 0.0948. The van der Waals surface area contributed by atoms with E-state index in [9.17, 15) is 14.7 Å². The van der Waals surface area contributed by atoms with Gasteiger partial charge in [-0.1, -0.05) is 49.1 Å². The fourth-order valence-electron chi connectivity index (χ4n) is 2.21. The molecule has 0 spiro atoms. The number of nitrogens with one attached hydrogen (secondary N) is 2. The lowest BCUT2D eigenvalue weighted by Gasteiger charge is -2.11. The number of allylic oxidation sites excluding steroid dienone is 3. The third-order valence-corrected chi connectivity index (χ3v) is 3.44. The Morgan fingerprint density at radius 3 is 2.46 bits per heavy atom. The van der Waals surface area contributed by atoms with Gasteiger partial charge in [0.05, 0.1) is 5.69 Å². The molecule has 2 aromatic carbocycles. The van der Waals surface area contributed by atoms with Crippen LogP contribution in [0.25, 0.3) is 0 Å². The summed E-state index contributed by atoms with van der Waals surface area (Å²) < 4.78 is 0. The summed E-state index contributed by atoms with van der Waals surface area (Å²) >= 11 is 0. The maximum atomic E-state index is 12.3. The smallest absolute Gasteiger partial charge is 0.255 e. The van der Waals surface area contributed by atoms with Crippen LogP contribution in [0.1, 0.15) is 17.3 Å². The molecule has 0 saturated carbocycles. The van der Waals surface area contributed by atoms with Crippen LogP contribution in [0.15, 0.2) is 85.0 Å². The second-order valence-corrected chi connectivity index (χ2v) is 5.36. The molecule has 5 heteroatoms. The molecule has 3 N–H and O–H groups in total. The summed E-state index contributed by atoms with van der Waals surface area (Å²) in [6, 6.07) is 13.1. The second kappa shape index (κ2) is 9.03. The zero-order chi connectivity index (χ0) is 18.9. The fraction of sp³-hybridized carbons (Fsp3) is 0.0476. The highest BCUT2D eigenvalue weighted by Gasteiger charge is 2.11. The molecule has 0 radical (unpaired) electrons. The van der Waals surface area contributed by atoms with Gasteiger partial charge >= 0.3 is 0 Å². The number of hydrogen-bond acceptors (Lipinski definition) is 3. The van der Waals surface area contributed by atoms with Crippen molar-refractivity contribution in [3.05, 3.63) is 90.6 Å². The lowest BCUT2D eigenvalue weighted by Crippen LogP contribution is -2.15. The molecule has 0 bridgehead atoms. The third-order valence-electron chi connectivity index (χ3n) is 3.44. The van der Waals surface area contributed by atoms with E-state index in [4.69, 9.17) is 0 Å². The van der Waals surface area contributed by atoms with E-state index in [2.05, 4.69) is 17.2 Å². The lowest BCUT2D eigenvalue weighted by molar-refractivity contribution is -0.112. The molecule has 0 heterocycles. The summed E-state index contributed by atoms with van der Waals surface area (Å²) in [6.07, 6.45) is 6.53. The number of aromatic hydroxyl groups is 1. The predicted octanol–water partition coefficient (Wildman–Crippen LogP) is 4.27.